The van der Waals surface area contributed by atoms with Crippen LogP contribution in [0, 0.1) is 5.41 Å². The molecule has 0 saturated heterocycles. The van der Waals surface area contributed by atoms with E-state index in [0.29, 0.717) is 27.6 Å². The van der Waals surface area contributed by atoms with Crippen LogP contribution in [0.1, 0.15) is 0 Å². The largest absolute Gasteiger partial charge is 0.456 e. The van der Waals surface area contributed by atoms with E-state index >= 15 is 0 Å². The number of nitrogens with two attached hydrogens (primary N) is 1. The predicted octanol–water partition coefficient (Wildman–Crippen LogP) is 10.7. The molecule has 0 fully saturated rings. The van der Waals surface area contributed by atoms with Crippen molar-refractivity contribution in [1.29, 1.82) is 5.41 Å². The molecule has 0 aliphatic carbocycles. The summed E-state index contributed by atoms with van der Waals surface area (Å²) in [5.41, 5.74) is 10.4. The third-order valence-electron chi connectivity index (χ3n) is 9.08. The molecule has 0 spiro atoms. The highest BCUT2D eigenvalue weighted by Crippen LogP contribution is 2.43. The fourth-order valence-electron chi connectivity index (χ4n) is 7.02. The van der Waals surface area contributed by atoms with Gasteiger partial charge in [0.2, 0.25) is 0 Å². The minimum absolute atomic E-state index is 0.426. The number of anilines is 1. The summed E-state index contributed by atoms with van der Waals surface area (Å²) in [7, 11) is 2.17. The van der Waals surface area contributed by atoms with Crippen LogP contribution in [-0.4, -0.2) is 4.57 Å². The number of aromatic nitrogens is 1. The Morgan fingerprint density at radius 1 is 0.533 bits per heavy atom. The van der Waals surface area contributed by atoms with Crippen molar-refractivity contribution in [2.24, 2.45) is 7.05 Å². The van der Waals surface area contributed by atoms with E-state index in [0.717, 1.165) is 5.39 Å². The van der Waals surface area contributed by atoms with E-state index in [1.807, 2.05) is 47.7 Å². The molecular weight excluding hydrogens is 571 g/mol. The Labute approximate surface area is 261 Å². The smallest absolute Gasteiger partial charge is 0.138 e. The van der Waals surface area contributed by atoms with Gasteiger partial charge in [-0.1, -0.05) is 78.9 Å². The lowest BCUT2D eigenvalue weighted by molar-refractivity contribution is 0.659. The maximum Gasteiger partial charge on any atom is 0.138 e. The van der Waals surface area contributed by atoms with E-state index < -0.39 is 0 Å². The van der Waals surface area contributed by atoms with Gasteiger partial charge in [0.05, 0.1) is 10.7 Å². The van der Waals surface area contributed by atoms with Crippen molar-refractivity contribution >= 4 is 102 Å². The van der Waals surface area contributed by atoms with E-state index in [1.165, 1.54) is 63.5 Å². The molecule has 10 aromatic rings. The molecule has 214 valence electrons. The first-order valence-electron chi connectivity index (χ1n) is 15.0. The molecule has 0 radical (unpaired) electrons. The highest BCUT2D eigenvalue weighted by Gasteiger charge is 2.15. The number of rotatable bonds is 0. The lowest BCUT2D eigenvalue weighted by Crippen LogP contribution is -2.05. The Morgan fingerprint density at radius 2 is 1.22 bits per heavy atom. The van der Waals surface area contributed by atoms with Crippen molar-refractivity contribution in [2.75, 3.05) is 5.73 Å². The first kappa shape index (κ1) is 25.8. The molecule has 5 heteroatoms. The zero-order valence-corrected chi connectivity index (χ0v) is 25.3. The summed E-state index contributed by atoms with van der Waals surface area (Å²) in [4.78, 5) is 0. The Morgan fingerprint density at radius 3 is 2.11 bits per heavy atom. The van der Waals surface area contributed by atoms with E-state index in [2.05, 4.69) is 96.5 Å². The van der Waals surface area contributed by atoms with Crippen LogP contribution < -0.4 is 11.1 Å². The minimum atomic E-state index is 0.426. The van der Waals surface area contributed by atoms with Crippen LogP contribution in [0.25, 0.3) is 85.5 Å². The SMILES string of the molecule is Cn1c2ccccc2c2c3ccc4ccc5sc6ccccc6c5c4c3ccc21.N=c1c2ccccc2oc2cccc(N)c12. The quantitative estimate of drug-likeness (QED) is 0.104. The number of benzene rings is 7. The average Bonchev–Trinajstić information content (AvgIpc) is 3.60. The third-order valence-corrected chi connectivity index (χ3v) is 10.2. The summed E-state index contributed by atoms with van der Waals surface area (Å²) < 4.78 is 10.7. The van der Waals surface area contributed by atoms with Crippen LogP contribution in [0.2, 0.25) is 0 Å². The molecule has 7 aromatic carbocycles. The van der Waals surface area contributed by atoms with Gasteiger partial charge in [0.1, 0.15) is 11.2 Å². The molecule has 3 N–H and O–H groups in total. The summed E-state index contributed by atoms with van der Waals surface area (Å²) in [6, 6.07) is 44.3. The Bertz CT molecular complexity index is 2870. The predicted molar refractivity (Wildman–Crippen MR) is 192 cm³/mol. The van der Waals surface area contributed by atoms with Crippen LogP contribution in [0.4, 0.5) is 5.69 Å². The first-order chi connectivity index (χ1) is 22.1. The van der Waals surface area contributed by atoms with Gasteiger partial charge >= 0.3 is 0 Å². The second kappa shape index (κ2) is 9.68. The van der Waals surface area contributed by atoms with Crippen molar-refractivity contribution < 1.29 is 4.42 Å². The van der Waals surface area contributed by atoms with Crippen LogP contribution in [0.5, 0.6) is 0 Å². The molecule has 0 unspecified atom stereocenters. The highest BCUT2D eigenvalue weighted by molar-refractivity contribution is 7.26. The Kier molecular flexibility index (Phi) is 5.55. The van der Waals surface area contributed by atoms with Crippen LogP contribution in [-0.2, 0) is 7.05 Å². The molecule has 0 atom stereocenters. The monoisotopic (exact) mass is 597 g/mol. The van der Waals surface area contributed by atoms with Crippen molar-refractivity contribution in [3.63, 3.8) is 0 Å². The van der Waals surface area contributed by atoms with E-state index in [9.17, 15) is 0 Å². The molecule has 0 amide bonds. The molecule has 0 bridgehead atoms. The maximum atomic E-state index is 8.13. The summed E-state index contributed by atoms with van der Waals surface area (Å²) in [6.07, 6.45) is 0. The van der Waals surface area contributed by atoms with Gasteiger partial charge in [0, 0.05) is 60.1 Å². The zero-order valence-electron chi connectivity index (χ0n) is 24.5. The van der Waals surface area contributed by atoms with Gasteiger partial charge in [-0.15, -0.1) is 11.3 Å². The summed E-state index contributed by atoms with van der Waals surface area (Å²) in [5, 5.41) is 20.9. The highest BCUT2D eigenvalue weighted by atomic mass is 32.1. The van der Waals surface area contributed by atoms with Crippen molar-refractivity contribution in [3.8, 4) is 0 Å². The maximum absolute atomic E-state index is 8.13. The Hall–Kier alpha value is -5.65. The molecule has 45 heavy (non-hydrogen) atoms. The molecule has 10 rings (SSSR count). The van der Waals surface area contributed by atoms with Crippen LogP contribution in [0.3, 0.4) is 0 Å². The summed E-state index contributed by atoms with van der Waals surface area (Å²) in [6.45, 7) is 0. The standard InChI is InChI=1S/C27H17NS.C13H10N2O/c1-28-21-8-4-2-6-19(21)26-18-12-10-16-11-15-24-27(20-7-3-5-9-23(20)29-24)25(16)17(18)13-14-22(26)28;14-9-5-3-7-11-12(9)13(15)8-4-1-2-6-10(8)16-11/h2-15H,1H3;1-7,15H,14H2. The summed E-state index contributed by atoms with van der Waals surface area (Å²) in [5.74, 6) is 0. The number of aryl methyl sites for hydroxylation is 1. The number of thiophene rings is 1. The second-order valence-electron chi connectivity index (χ2n) is 11.5. The van der Waals surface area contributed by atoms with Crippen molar-refractivity contribution in [3.05, 3.63) is 133 Å². The number of para-hydroxylation sites is 2. The molecule has 0 aliphatic rings. The lowest BCUT2D eigenvalue weighted by Gasteiger charge is -2.08. The van der Waals surface area contributed by atoms with Gasteiger partial charge in [-0.2, -0.15) is 0 Å². The molecular formula is C40H27N3OS. The van der Waals surface area contributed by atoms with Crippen LogP contribution in [0.15, 0.2) is 132 Å². The fraction of sp³-hybridized carbons (Fsp3) is 0.0250. The van der Waals surface area contributed by atoms with Gasteiger partial charge in [0.15, 0.2) is 0 Å². The summed E-state index contributed by atoms with van der Waals surface area (Å²) >= 11 is 1.89. The number of nitrogens with zero attached hydrogens (tertiary/aromatic N) is 1. The topological polar surface area (TPSA) is 67.9 Å². The number of hydrogen-bond acceptors (Lipinski definition) is 4. The molecule has 0 aliphatic heterocycles. The molecule has 3 heterocycles. The molecule has 4 nitrogen and oxygen atoms in total. The van der Waals surface area contributed by atoms with E-state index in [1.54, 1.807) is 6.07 Å². The number of hydrogen-bond donors (Lipinski definition) is 2. The molecule has 0 saturated carbocycles. The third kappa shape index (κ3) is 3.74. The van der Waals surface area contributed by atoms with Gasteiger partial charge < -0.3 is 14.7 Å². The van der Waals surface area contributed by atoms with Gasteiger partial charge in [-0.25, -0.2) is 0 Å². The Balaban J connectivity index is 0.000000149. The van der Waals surface area contributed by atoms with E-state index in [4.69, 9.17) is 15.6 Å². The first-order valence-corrected chi connectivity index (χ1v) is 15.8. The normalized spacial score (nSPS) is 11.8. The van der Waals surface area contributed by atoms with Gasteiger partial charge in [-0.05, 0) is 70.1 Å². The number of nitrogen functional groups attached to an aromatic ring is 1. The average molecular weight is 598 g/mol. The lowest BCUT2D eigenvalue weighted by atomic mass is 9.95. The van der Waals surface area contributed by atoms with Gasteiger partial charge in [0.25, 0.3) is 0 Å². The molecule has 3 aromatic heterocycles. The van der Waals surface area contributed by atoms with Crippen molar-refractivity contribution in [1.82, 2.24) is 4.57 Å². The van der Waals surface area contributed by atoms with E-state index in [-0.39, 0.29) is 0 Å². The van der Waals surface area contributed by atoms with Crippen molar-refractivity contribution in [2.45, 2.75) is 0 Å². The van der Waals surface area contributed by atoms with Crippen LogP contribution >= 0.6 is 11.3 Å². The zero-order chi connectivity index (χ0) is 30.2. The van der Waals surface area contributed by atoms with Gasteiger partial charge in [-0.3, -0.25) is 5.41 Å². The minimum Gasteiger partial charge on any atom is -0.456 e. The fourth-order valence-corrected chi connectivity index (χ4v) is 8.13. The number of nitrogens with one attached hydrogen (secondary N) is 1. The second-order valence-corrected chi connectivity index (χ2v) is 12.6. The number of fused-ring (bicyclic) bond motifs is 13.